The molecule has 2 heterocycles. The second-order valence-electron chi connectivity index (χ2n) is 9.24. The topological polar surface area (TPSA) is 110 Å². The van der Waals surface area contributed by atoms with Gasteiger partial charge >= 0.3 is 5.97 Å². The van der Waals surface area contributed by atoms with Gasteiger partial charge in [0.2, 0.25) is 12.1 Å². The summed E-state index contributed by atoms with van der Waals surface area (Å²) in [6, 6.07) is 14.7. The summed E-state index contributed by atoms with van der Waals surface area (Å²) in [5.74, 6) is -1.08. The fourth-order valence-electron chi connectivity index (χ4n) is 4.63. The molecule has 10 heteroatoms. The van der Waals surface area contributed by atoms with Gasteiger partial charge < -0.3 is 19.3 Å². The summed E-state index contributed by atoms with van der Waals surface area (Å²) in [7, 11) is 0. The zero-order chi connectivity index (χ0) is 28.3. The second kappa shape index (κ2) is 11.8. The lowest BCUT2D eigenvalue weighted by Gasteiger charge is -2.26. The Balaban J connectivity index is 1.81. The number of oxime groups is 1. The van der Waals surface area contributed by atoms with E-state index in [9.17, 15) is 19.5 Å². The number of aryl methyl sites for hydroxylation is 1. The molecule has 0 fully saturated rings. The summed E-state index contributed by atoms with van der Waals surface area (Å²) in [4.78, 5) is 47.8. The molecule has 4 rings (SSSR count). The fourth-order valence-corrected chi connectivity index (χ4v) is 5.31. The molecule has 204 valence electrons. The van der Waals surface area contributed by atoms with E-state index in [4.69, 9.17) is 9.68 Å². The lowest BCUT2D eigenvalue weighted by molar-refractivity contribution is -0.202. The van der Waals surface area contributed by atoms with E-state index in [1.807, 2.05) is 53.9 Å². The number of amides is 1. The van der Waals surface area contributed by atoms with Gasteiger partial charge in [-0.05, 0) is 55.6 Å². The predicted molar refractivity (Wildman–Crippen MR) is 151 cm³/mol. The molecule has 0 saturated carbocycles. The van der Waals surface area contributed by atoms with E-state index < -0.39 is 24.2 Å². The van der Waals surface area contributed by atoms with Crippen molar-refractivity contribution in [2.45, 2.75) is 59.9 Å². The van der Waals surface area contributed by atoms with Crippen LogP contribution in [-0.4, -0.2) is 50.4 Å². The predicted octanol–water partition coefficient (Wildman–Crippen LogP) is 5.27. The smallest absolute Gasteiger partial charge is 0.329 e. The molecule has 0 aliphatic carbocycles. The van der Waals surface area contributed by atoms with Gasteiger partial charge in [-0.25, -0.2) is 0 Å². The molecule has 2 atom stereocenters. The monoisotopic (exact) mass is 549 g/mol. The number of hydrogen-bond donors (Lipinski definition) is 1. The van der Waals surface area contributed by atoms with Crippen molar-refractivity contribution in [3.8, 4) is 0 Å². The third kappa shape index (κ3) is 6.02. The van der Waals surface area contributed by atoms with E-state index in [1.54, 1.807) is 6.92 Å². The molecule has 0 aliphatic heterocycles. The Hall–Kier alpha value is -4.02. The van der Waals surface area contributed by atoms with Crippen LogP contribution in [-0.2, 0) is 25.8 Å². The van der Waals surface area contributed by atoms with Gasteiger partial charge in [0.25, 0.3) is 5.91 Å². The first kappa shape index (κ1) is 28.0. The number of nitrogens with zero attached hydrogens (tertiary/aromatic N) is 3. The molecule has 0 spiro atoms. The summed E-state index contributed by atoms with van der Waals surface area (Å²) >= 11 is 1.41. The number of rotatable bonds is 9. The molecule has 1 N–H and O–H groups in total. The van der Waals surface area contributed by atoms with Crippen LogP contribution in [0.1, 0.15) is 61.8 Å². The molecule has 2 aromatic heterocycles. The molecular weight excluding hydrogens is 518 g/mol. The van der Waals surface area contributed by atoms with Crippen molar-refractivity contribution in [3.05, 3.63) is 69.9 Å². The van der Waals surface area contributed by atoms with Crippen LogP contribution in [0.3, 0.4) is 0 Å². The van der Waals surface area contributed by atoms with Crippen molar-refractivity contribution in [3.63, 3.8) is 0 Å². The average Bonchev–Trinajstić information content (AvgIpc) is 3.54. The maximum atomic E-state index is 13.1. The largest absolute Gasteiger partial charge is 0.364 e. The number of carbonyl (C=O) groups is 3. The first-order chi connectivity index (χ1) is 18.6. The first-order valence-electron chi connectivity index (χ1n) is 12.6. The van der Waals surface area contributed by atoms with Crippen molar-refractivity contribution < 1.29 is 29.2 Å². The molecule has 0 aliphatic rings. The van der Waals surface area contributed by atoms with Crippen LogP contribution in [0, 0.1) is 0 Å². The molecular formula is C29H31N3O6S. The van der Waals surface area contributed by atoms with Crippen LogP contribution < -0.4 is 0 Å². The Morgan fingerprint density at radius 1 is 1.03 bits per heavy atom. The molecule has 0 bridgehead atoms. The summed E-state index contributed by atoms with van der Waals surface area (Å²) in [5.41, 5.74) is 3.74. The Bertz CT molecular complexity index is 1550. The molecule has 0 saturated heterocycles. The molecule has 4 aromatic rings. The minimum atomic E-state index is -1.15. The number of ketones is 1. The zero-order valence-corrected chi connectivity index (χ0v) is 23.3. The van der Waals surface area contributed by atoms with E-state index in [-0.39, 0.29) is 12.2 Å². The van der Waals surface area contributed by atoms with Gasteiger partial charge in [0.1, 0.15) is 0 Å². The van der Waals surface area contributed by atoms with Crippen molar-refractivity contribution in [1.29, 1.82) is 0 Å². The van der Waals surface area contributed by atoms with Crippen LogP contribution in [0.15, 0.2) is 59.1 Å². The van der Waals surface area contributed by atoms with Crippen LogP contribution in [0.2, 0.25) is 0 Å². The second-order valence-corrected chi connectivity index (χ2v) is 10.2. The molecule has 9 nitrogen and oxygen atoms in total. The number of fused-ring (bicyclic) bond motifs is 3. The molecule has 1 amide bonds. The minimum absolute atomic E-state index is 0.0309. The van der Waals surface area contributed by atoms with Gasteiger partial charge in [-0.15, -0.1) is 11.3 Å². The molecule has 0 radical (unpaired) electrons. The Morgan fingerprint density at radius 2 is 1.67 bits per heavy atom. The highest BCUT2D eigenvalue weighted by atomic mass is 32.1. The van der Waals surface area contributed by atoms with E-state index in [0.717, 1.165) is 33.4 Å². The fraction of sp³-hybridized carbons (Fsp3) is 0.310. The Labute approximate surface area is 230 Å². The van der Waals surface area contributed by atoms with Crippen LogP contribution in [0.4, 0.5) is 0 Å². The normalized spacial score (nSPS) is 13.3. The number of aliphatic hydroxyl groups is 1. The SMILES string of the molecule is CCn1c2ccc(C(=O)c3cccs3)cc2c2cc(/C(CC(C)N(OC(C)=O)C(C)=O)=N/OC(C)O)ccc21. The highest BCUT2D eigenvalue weighted by molar-refractivity contribution is 7.12. The van der Waals surface area contributed by atoms with Gasteiger partial charge in [0.15, 0.2) is 0 Å². The van der Waals surface area contributed by atoms with Gasteiger partial charge in [-0.2, -0.15) is 5.06 Å². The molecule has 2 unspecified atom stereocenters. The number of carbonyl (C=O) groups excluding carboxylic acids is 3. The molecule has 39 heavy (non-hydrogen) atoms. The summed E-state index contributed by atoms with van der Waals surface area (Å²) in [6.07, 6.45) is -0.969. The number of hydrogen-bond acceptors (Lipinski definition) is 8. The van der Waals surface area contributed by atoms with E-state index in [1.165, 1.54) is 32.1 Å². The number of thiophene rings is 1. The van der Waals surface area contributed by atoms with Crippen molar-refractivity contribution in [1.82, 2.24) is 9.63 Å². The first-order valence-corrected chi connectivity index (χ1v) is 13.5. The highest BCUT2D eigenvalue weighted by Gasteiger charge is 2.24. The van der Waals surface area contributed by atoms with Crippen molar-refractivity contribution >= 4 is 56.5 Å². The summed E-state index contributed by atoms with van der Waals surface area (Å²) < 4.78 is 2.18. The number of aromatic nitrogens is 1. The third-order valence-electron chi connectivity index (χ3n) is 6.26. The van der Waals surface area contributed by atoms with Crippen LogP contribution >= 0.6 is 11.3 Å². The van der Waals surface area contributed by atoms with E-state index in [0.29, 0.717) is 21.7 Å². The summed E-state index contributed by atoms with van der Waals surface area (Å²) in [6.45, 7) is 8.50. The average molecular weight is 550 g/mol. The lowest BCUT2D eigenvalue weighted by atomic mass is 10.00. The van der Waals surface area contributed by atoms with Crippen molar-refractivity contribution in [2.24, 2.45) is 5.16 Å². The number of hydroxylamine groups is 2. The van der Waals surface area contributed by atoms with Crippen LogP contribution in [0.25, 0.3) is 21.8 Å². The van der Waals surface area contributed by atoms with Gasteiger partial charge in [-0.3, -0.25) is 14.4 Å². The maximum absolute atomic E-state index is 13.1. The van der Waals surface area contributed by atoms with E-state index in [2.05, 4.69) is 16.6 Å². The number of aliphatic hydroxyl groups excluding tert-OH is 1. The number of benzene rings is 2. The van der Waals surface area contributed by atoms with Gasteiger partial charge in [-0.1, -0.05) is 17.3 Å². The third-order valence-corrected chi connectivity index (χ3v) is 7.13. The Morgan fingerprint density at radius 3 is 2.21 bits per heavy atom. The highest BCUT2D eigenvalue weighted by Crippen LogP contribution is 2.32. The van der Waals surface area contributed by atoms with Crippen LogP contribution in [0.5, 0.6) is 0 Å². The summed E-state index contributed by atoms with van der Waals surface area (Å²) in [5, 5.41) is 18.6. The maximum Gasteiger partial charge on any atom is 0.329 e. The Kier molecular flexibility index (Phi) is 8.47. The zero-order valence-electron chi connectivity index (χ0n) is 22.5. The lowest BCUT2D eigenvalue weighted by Crippen LogP contribution is -2.39. The minimum Gasteiger partial charge on any atom is -0.364 e. The van der Waals surface area contributed by atoms with Gasteiger partial charge in [0.05, 0.1) is 16.6 Å². The quantitative estimate of drug-likeness (QED) is 0.132. The van der Waals surface area contributed by atoms with E-state index >= 15 is 0 Å². The van der Waals surface area contributed by atoms with Gasteiger partial charge in [0, 0.05) is 66.7 Å². The standard InChI is InChI=1S/C29H31N3O6S/c1-6-31-26-11-9-21(25(30-37-19(4)34)14-17(2)32(18(3)33)38-20(5)35)15-23(26)24-16-22(10-12-27(24)31)29(36)28-8-7-13-39-28/h7-13,15-17,19,34H,6,14H2,1-5H3/b30-25+. The van der Waals surface area contributed by atoms with Crippen molar-refractivity contribution in [2.75, 3.05) is 0 Å². The molecule has 2 aromatic carbocycles.